The number of benzene rings is 3. The van der Waals surface area contributed by atoms with Gasteiger partial charge in [-0.3, -0.25) is 4.79 Å². The summed E-state index contributed by atoms with van der Waals surface area (Å²) in [6, 6.07) is 22.6. The van der Waals surface area contributed by atoms with E-state index in [0.29, 0.717) is 38.7 Å². The van der Waals surface area contributed by atoms with E-state index in [1.165, 1.54) is 18.3 Å². The number of carbonyl (C=O) groups excluding carboxylic acids is 1. The molecule has 1 aliphatic heterocycles. The van der Waals surface area contributed by atoms with Crippen molar-refractivity contribution in [3.8, 4) is 11.1 Å². The predicted octanol–water partition coefficient (Wildman–Crippen LogP) is 3.25. The first-order valence-corrected chi connectivity index (χ1v) is 16.6. The van der Waals surface area contributed by atoms with Crippen molar-refractivity contribution in [1.82, 2.24) is 9.71 Å². The molecule has 1 amide bonds. The van der Waals surface area contributed by atoms with Crippen molar-refractivity contribution in [3.63, 3.8) is 0 Å². The molecule has 1 aliphatic rings. The molecule has 1 atom stereocenters. The molecular weight excluding hydrogens is 628 g/mol. The third-order valence-electron chi connectivity index (χ3n) is 6.81. The van der Waals surface area contributed by atoms with Gasteiger partial charge in [-0.15, -0.1) is 0 Å². The van der Waals surface area contributed by atoms with Crippen molar-refractivity contribution in [2.24, 2.45) is 10.3 Å². The first-order chi connectivity index (χ1) is 20.9. The Morgan fingerprint density at radius 3 is 2.34 bits per heavy atom. The number of rotatable bonds is 10. The zero-order valence-corrected chi connectivity index (χ0v) is 25.4. The molecule has 0 unspecified atom stereocenters. The molecule has 44 heavy (non-hydrogen) atoms. The van der Waals surface area contributed by atoms with Crippen LogP contribution < -0.4 is 20.9 Å². The van der Waals surface area contributed by atoms with Crippen molar-refractivity contribution in [3.05, 3.63) is 107 Å². The van der Waals surface area contributed by atoms with E-state index in [4.69, 9.17) is 27.3 Å². The van der Waals surface area contributed by atoms with Gasteiger partial charge in [-0.05, 0) is 35.9 Å². The van der Waals surface area contributed by atoms with Crippen molar-refractivity contribution in [1.29, 1.82) is 0 Å². The Morgan fingerprint density at radius 2 is 1.66 bits per heavy atom. The summed E-state index contributed by atoms with van der Waals surface area (Å²) in [6.07, 6.45) is 1.27. The standard InChI is InChI=1S/C29H27ClN6O6S2/c30-23-12-10-20(14-24(23)31)25-15-29(42-36-25,18-34-43(38,39)17-19-6-2-1-3-7-19)28(37)35-27-13-11-21(16-33-27)22-8-4-5-9-26(22)44(32,40)41/h1-14,16,34H,15,17-18,31H2,(H2,32,40,41)(H,33,35,37)/t29-/m0/s1. The molecule has 5 rings (SSSR count). The van der Waals surface area contributed by atoms with Crippen LogP contribution in [0.25, 0.3) is 11.1 Å². The Labute approximate surface area is 259 Å². The molecule has 6 N–H and O–H groups in total. The molecule has 3 aromatic carbocycles. The van der Waals surface area contributed by atoms with E-state index in [0.717, 1.165) is 0 Å². The molecule has 0 bridgehead atoms. The highest BCUT2D eigenvalue weighted by Gasteiger charge is 2.48. The first-order valence-electron chi connectivity index (χ1n) is 13.1. The molecule has 1 aromatic heterocycles. The molecule has 0 aliphatic carbocycles. The second-order valence-corrected chi connectivity index (χ2v) is 13.8. The van der Waals surface area contributed by atoms with E-state index < -0.39 is 38.1 Å². The molecule has 2 heterocycles. The second-order valence-electron chi connectivity index (χ2n) is 10.0. The molecule has 0 radical (unpaired) electrons. The summed E-state index contributed by atoms with van der Waals surface area (Å²) in [7, 11) is -7.89. The van der Waals surface area contributed by atoms with E-state index >= 15 is 0 Å². The molecule has 4 aromatic rings. The topological polar surface area (TPSA) is 196 Å². The van der Waals surface area contributed by atoms with Crippen LogP contribution in [-0.2, 0) is 35.4 Å². The number of pyridine rings is 1. The van der Waals surface area contributed by atoms with Crippen LogP contribution in [0, 0.1) is 0 Å². The van der Waals surface area contributed by atoms with Crippen molar-refractivity contribution in [2.45, 2.75) is 22.7 Å². The lowest BCUT2D eigenvalue weighted by molar-refractivity contribution is -0.137. The van der Waals surface area contributed by atoms with Gasteiger partial charge < -0.3 is 15.9 Å². The number of nitrogens with one attached hydrogen (secondary N) is 2. The number of halogens is 1. The lowest BCUT2D eigenvalue weighted by atomic mass is 9.93. The SMILES string of the molecule is Nc1cc(C2=NO[C@@](CNS(=O)(=O)Cc3ccccc3)(C(=O)Nc3ccc(-c4ccccc4S(N)(=O)=O)cn3)C2)ccc1Cl. The zero-order valence-electron chi connectivity index (χ0n) is 23.0. The third kappa shape index (κ3) is 7.06. The highest BCUT2D eigenvalue weighted by Crippen LogP contribution is 2.31. The minimum Gasteiger partial charge on any atom is -0.398 e. The van der Waals surface area contributed by atoms with Crippen LogP contribution in [0.1, 0.15) is 17.5 Å². The number of nitrogens with two attached hydrogens (primary N) is 2. The molecule has 0 saturated heterocycles. The van der Waals surface area contributed by atoms with Crippen molar-refractivity contribution >= 4 is 54.8 Å². The fraction of sp³-hybridized carbons (Fsp3) is 0.138. The lowest BCUT2D eigenvalue weighted by Crippen LogP contribution is -2.52. The summed E-state index contributed by atoms with van der Waals surface area (Å²) < 4.78 is 52.5. The van der Waals surface area contributed by atoms with Crippen molar-refractivity contribution in [2.75, 3.05) is 17.6 Å². The van der Waals surface area contributed by atoms with Crippen molar-refractivity contribution < 1.29 is 26.5 Å². The fourth-order valence-electron chi connectivity index (χ4n) is 4.53. The van der Waals surface area contributed by atoms with Crippen LogP contribution in [0.4, 0.5) is 11.5 Å². The highest BCUT2D eigenvalue weighted by molar-refractivity contribution is 7.89. The minimum atomic E-state index is -4.00. The number of carbonyl (C=O) groups is 1. The van der Waals surface area contributed by atoms with Gasteiger partial charge in [-0.1, -0.05) is 71.4 Å². The molecule has 12 nitrogen and oxygen atoms in total. The third-order valence-corrected chi connectivity index (χ3v) is 9.42. The Balaban J connectivity index is 1.39. The van der Waals surface area contributed by atoms with Gasteiger partial charge in [-0.25, -0.2) is 31.7 Å². The number of nitrogens with zero attached hydrogens (tertiary/aromatic N) is 2. The van der Waals surface area contributed by atoms with Crippen LogP contribution in [-0.4, -0.2) is 45.6 Å². The number of anilines is 2. The minimum absolute atomic E-state index is 0.0767. The maximum Gasteiger partial charge on any atom is 0.274 e. The van der Waals surface area contributed by atoms with Crippen LogP contribution in [0.2, 0.25) is 5.02 Å². The number of hydrogen-bond acceptors (Lipinski definition) is 9. The molecule has 228 valence electrons. The first kappa shape index (κ1) is 31.1. The van der Waals surface area contributed by atoms with E-state index in [9.17, 15) is 21.6 Å². The van der Waals surface area contributed by atoms with E-state index in [-0.39, 0.29) is 22.9 Å². The predicted molar refractivity (Wildman–Crippen MR) is 168 cm³/mol. The summed E-state index contributed by atoms with van der Waals surface area (Å²) in [6.45, 7) is -0.441. The smallest absolute Gasteiger partial charge is 0.274 e. The molecule has 0 fully saturated rings. The Kier molecular flexibility index (Phi) is 8.72. The van der Waals surface area contributed by atoms with Crippen LogP contribution in [0.3, 0.4) is 0 Å². The summed E-state index contributed by atoms with van der Waals surface area (Å²) in [5.74, 6) is -0.923. The average Bonchev–Trinajstić information content (AvgIpc) is 3.44. The average molecular weight is 655 g/mol. The number of amides is 1. The molecule has 15 heteroatoms. The monoisotopic (exact) mass is 654 g/mol. The maximum absolute atomic E-state index is 13.7. The van der Waals surface area contributed by atoms with E-state index in [1.54, 1.807) is 72.8 Å². The van der Waals surface area contributed by atoms with Gasteiger partial charge in [0.15, 0.2) is 0 Å². The highest BCUT2D eigenvalue weighted by atomic mass is 35.5. The van der Waals surface area contributed by atoms with Crippen LogP contribution in [0.15, 0.2) is 101 Å². The molecule has 0 saturated carbocycles. The summed E-state index contributed by atoms with van der Waals surface area (Å²) in [4.78, 5) is 23.6. The number of sulfonamides is 2. The Morgan fingerprint density at radius 1 is 0.955 bits per heavy atom. The van der Waals surface area contributed by atoms with Gasteiger partial charge >= 0.3 is 0 Å². The largest absolute Gasteiger partial charge is 0.398 e. The van der Waals surface area contributed by atoms with Gasteiger partial charge in [0.2, 0.25) is 25.6 Å². The lowest BCUT2D eigenvalue weighted by Gasteiger charge is -2.25. The van der Waals surface area contributed by atoms with Crippen LogP contribution in [0.5, 0.6) is 0 Å². The number of hydrogen-bond donors (Lipinski definition) is 4. The summed E-state index contributed by atoms with van der Waals surface area (Å²) >= 11 is 6.05. The molecular formula is C29H27ClN6O6S2. The number of aromatic nitrogens is 1. The maximum atomic E-state index is 13.7. The van der Waals surface area contributed by atoms with Gasteiger partial charge in [0.1, 0.15) is 5.82 Å². The zero-order chi connectivity index (χ0) is 31.5. The second kappa shape index (κ2) is 12.3. The molecule has 0 spiro atoms. The number of oxime groups is 1. The number of primary sulfonamides is 1. The summed E-state index contributed by atoms with van der Waals surface area (Å²) in [5, 5.41) is 12.4. The Bertz CT molecular complexity index is 1960. The normalized spacial score (nSPS) is 16.6. The number of nitrogen functional groups attached to an aromatic ring is 1. The van der Waals surface area contributed by atoms with E-state index in [1.807, 2.05) is 0 Å². The summed E-state index contributed by atoms with van der Waals surface area (Å²) in [5.41, 5.74) is 6.70. The van der Waals surface area contributed by atoms with Gasteiger partial charge in [0.25, 0.3) is 5.91 Å². The van der Waals surface area contributed by atoms with Gasteiger partial charge in [0.05, 0.1) is 33.6 Å². The van der Waals surface area contributed by atoms with Gasteiger partial charge in [-0.2, -0.15) is 0 Å². The van der Waals surface area contributed by atoms with E-state index in [2.05, 4.69) is 20.2 Å². The quantitative estimate of drug-likeness (QED) is 0.187. The van der Waals surface area contributed by atoms with Crippen LogP contribution >= 0.6 is 11.6 Å². The Hall–Kier alpha value is -4.34. The fourth-order valence-corrected chi connectivity index (χ4v) is 6.60. The van der Waals surface area contributed by atoms with Gasteiger partial charge in [0, 0.05) is 29.3 Å².